The lowest BCUT2D eigenvalue weighted by Crippen LogP contribution is -2.27. The van der Waals surface area contributed by atoms with Crippen LogP contribution in [0.2, 0.25) is 0 Å². The molecule has 0 saturated heterocycles. The number of thioether (sulfide) groups is 1. The van der Waals surface area contributed by atoms with Crippen molar-refractivity contribution in [3.05, 3.63) is 5.89 Å². The first kappa shape index (κ1) is 13.0. The Hall–Kier alpha value is -1.08. The second kappa shape index (κ2) is 5.86. The molecule has 0 spiro atoms. The van der Waals surface area contributed by atoms with E-state index in [4.69, 9.17) is 4.42 Å². The van der Waals surface area contributed by atoms with E-state index < -0.39 is 0 Å². The third kappa shape index (κ3) is 3.82. The number of aromatic nitrogens is 2. The smallest absolute Gasteiger partial charge is 0.277 e. The zero-order valence-electron chi connectivity index (χ0n) is 9.85. The van der Waals surface area contributed by atoms with Crippen molar-refractivity contribution >= 4 is 17.7 Å². The van der Waals surface area contributed by atoms with Crippen LogP contribution in [0.5, 0.6) is 0 Å². The molecule has 0 bridgehead atoms. The third-order valence-electron chi connectivity index (χ3n) is 1.79. The Labute approximate surface area is 98.8 Å². The lowest BCUT2D eigenvalue weighted by atomic mass is 10.4. The van der Waals surface area contributed by atoms with E-state index >= 15 is 0 Å². The molecule has 0 unspecified atom stereocenters. The number of nitrogens with one attached hydrogen (secondary N) is 1. The van der Waals surface area contributed by atoms with Crippen LogP contribution in [0.3, 0.4) is 0 Å². The third-order valence-corrected chi connectivity index (χ3v) is 2.73. The summed E-state index contributed by atoms with van der Waals surface area (Å²) >= 11 is 1.25. The molecule has 0 saturated carbocycles. The molecule has 1 amide bonds. The summed E-state index contributed by atoms with van der Waals surface area (Å²) in [6.45, 7) is 2.39. The van der Waals surface area contributed by atoms with E-state index in [1.54, 1.807) is 14.0 Å². The Kier molecular flexibility index (Phi) is 4.75. The minimum Gasteiger partial charge on any atom is -0.415 e. The van der Waals surface area contributed by atoms with Crippen molar-refractivity contribution in [2.45, 2.75) is 23.9 Å². The molecule has 90 valence electrons. The van der Waals surface area contributed by atoms with E-state index in [1.807, 2.05) is 19.0 Å². The number of hydrogen-bond acceptors (Lipinski definition) is 6. The Morgan fingerprint density at radius 3 is 2.81 bits per heavy atom. The van der Waals surface area contributed by atoms with E-state index in [9.17, 15) is 4.79 Å². The second-order valence-corrected chi connectivity index (χ2v) is 4.87. The van der Waals surface area contributed by atoms with Crippen LogP contribution in [0.15, 0.2) is 9.64 Å². The van der Waals surface area contributed by atoms with Gasteiger partial charge in [-0.1, -0.05) is 11.8 Å². The van der Waals surface area contributed by atoms with Crippen LogP contribution in [-0.4, -0.2) is 47.4 Å². The zero-order chi connectivity index (χ0) is 12.1. The van der Waals surface area contributed by atoms with Crippen LogP contribution >= 0.6 is 11.8 Å². The van der Waals surface area contributed by atoms with Gasteiger partial charge in [0.15, 0.2) is 0 Å². The fourth-order valence-corrected chi connectivity index (χ4v) is 1.79. The highest BCUT2D eigenvalue weighted by Crippen LogP contribution is 2.21. The minimum absolute atomic E-state index is 0.0580. The maximum Gasteiger partial charge on any atom is 0.277 e. The molecule has 16 heavy (non-hydrogen) atoms. The topological polar surface area (TPSA) is 71.3 Å². The summed E-state index contributed by atoms with van der Waals surface area (Å²) in [7, 11) is 5.44. The van der Waals surface area contributed by atoms with Gasteiger partial charge in [-0.05, 0) is 21.0 Å². The molecule has 7 heteroatoms. The summed E-state index contributed by atoms with van der Waals surface area (Å²) in [6.07, 6.45) is 0. The standard InChI is InChI=1S/C9H16N4O2S/c1-6(8(14)10-2)16-9-12-11-7(15-9)5-13(3)4/h6H,5H2,1-4H3,(H,10,14)/t6-/m0/s1. The number of amides is 1. The maximum atomic E-state index is 11.3. The lowest BCUT2D eigenvalue weighted by Gasteiger charge is -2.05. The van der Waals surface area contributed by atoms with Crippen molar-refractivity contribution in [2.24, 2.45) is 0 Å². The molecule has 1 heterocycles. The molecule has 0 aliphatic carbocycles. The first-order valence-electron chi connectivity index (χ1n) is 4.88. The summed E-state index contributed by atoms with van der Waals surface area (Å²) < 4.78 is 5.38. The Morgan fingerprint density at radius 2 is 2.25 bits per heavy atom. The number of hydrogen-bond donors (Lipinski definition) is 1. The van der Waals surface area contributed by atoms with Crippen LogP contribution in [-0.2, 0) is 11.3 Å². The Morgan fingerprint density at radius 1 is 1.56 bits per heavy atom. The van der Waals surface area contributed by atoms with Gasteiger partial charge in [0.2, 0.25) is 11.8 Å². The van der Waals surface area contributed by atoms with E-state index in [0.29, 0.717) is 17.7 Å². The lowest BCUT2D eigenvalue weighted by molar-refractivity contribution is -0.119. The van der Waals surface area contributed by atoms with E-state index in [-0.39, 0.29) is 11.2 Å². The van der Waals surface area contributed by atoms with Crippen LogP contribution in [0.4, 0.5) is 0 Å². The summed E-state index contributed by atoms with van der Waals surface area (Å²) in [6, 6.07) is 0. The van der Waals surface area contributed by atoms with Gasteiger partial charge < -0.3 is 14.6 Å². The van der Waals surface area contributed by atoms with Crippen molar-refractivity contribution in [1.29, 1.82) is 0 Å². The number of rotatable bonds is 5. The molecular weight excluding hydrogens is 228 g/mol. The van der Waals surface area contributed by atoms with E-state index in [0.717, 1.165) is 0 Å². The average Bonchev–Trinajstić information content (AvgIpc) is 2.63. The molecule has 0 aromatic carbocycles. The fraction of sp³-hybridized carbons (Fsp3) is 0.667. The van der Waals surface area contributed by atoms with Crippen LogP contribution < -0.4 is 5.32 Å². The Bertz CT molecular complexity index is 353. The van der Waals surface area contributed by atoms with Crippen molar-refractivity contribution in [3.8, 4) is 0 Å². The van der Waals surface area contributed by atoms with Crippen molar-refractivity contribution < 1.29 is 9.21 Å². The minimum atomic E-state index is -0.238. The van der Waals surface area contributed by atoms with Gasteiger partial charge in [0.25, 0.3) is 5.22 Å². The molecule has 6 nitrogen and oxygen atoms in total. The average molecular weight is 244 g/mol. The summed E-state index contributed by atoms with van der Waals surface area (Å²) in [5.74, 6) is 0.494. The van der Waals surface area contributed by atoms with Gasteiger partial charge in [-0.25, -0.2) is 0 Å². The van der Waals surface area contributed by atoms with Gasteiger partial charge >= 0.3 is 0 Å². The van der Waals surface area contributed by atoms with Crippen molar-refractivity contribution in [3.63, 3.8) is 0 Å². The van der Waals surface area contributed by atoms with Crippen LogP contribution in [0.25, 0.3) is 0 Å². The quantitative estimate of drug-likeness (QED) is 0.754. The van der Waals surface area contributed by atoms with E-state index in [2.05, 4.69) is 15.5 Å². The molecule has 0 aliphatic heterocycles. The van der Waals surface area contributed by atoms with Crippen molar-refractivity contribution in [1.82, 2.24) is 20.4 Å². The van der Waals surface area contributed by atoms with Crippen molar-refractivity contribution in [2.75, 3.05) is 21.1 Å². The summed E-state index contributed by atoms with van der Waals surface area (Å²) in [5, 5.41) is 10.5. The number of carbonyl (C=O) groups excluding carboxylic acids is 1. The van der Waals surface area contributed by atoms with Gasteiger partial charge in [0.05, 0.1) is 11.8 Å². The van der Waals surface area contributed by atoms with Gasteiger partial charge in [-0.2, -0.15) is 0 Å². The molecule has 1 aromatic heterocycles. The fourth-order valence-electron chi connectivity index (χ4n) is 1.03. The molecule has 1 aromatic rings. The molecule has 0 fully saturated rings. The van der Waals surface area contributed by atoms with Crippen LogP contribution in [0.1, 0.15) is 12.8 Å². The van der Waals surface area contributed by atoms with Gasteiger partial charge in [-0.15, -0.1) is 10.2 Å². The SMILES string of the molecule is CNC(=O)[C@H](C)Sc1nnc(CN(C)C)o1. The van der Waals surface area contributed by atoms with E-state index in [1.165, 1.54) is 11.8 Å². The summed E-state index contributed by atoms with van der Waals surface area (Å²) in [5.41, 5.74) is 0. The first-order chi connectivity index (χ1) is 7.52. The largest absolute Gasteiger partial charge is 0.415 e. The highest BCUT2D eigenvalue weighted by molar-refractivity contribution is 8.00. The van der Waals surface area contributed by atoms with Crippen LogP contribution in [0, 0.1) is 0 Å². The molecule has 1 rings (SSSR count). The predicted molar refractivity (Wildman–Crippen MR) is 61.1 cm³/mol. The first-order valence-corrected chi connectivity index (χ1v) is 5.76. The molecule has 1 atom stereocenters. The second-order valence-electron chi connectivity index (χ2n) is 3.57. The highest BCUT2D eigenvalue weighted by Gasteiger charge is 2.16. The normalized spacial score (nSPS) is 12.8. The van der Waals surface area contributed by atoms with Gasteiger partial charge in [0.1, 0.15) is 0 Å². The highest BCUT2D eigenvalue weighted by atomic mass is 32.2. The molecule has 1 N–H and O–H groups in total. The summed E-state index contributed by atoms with van der Waals surface area (Å²) in [4.78, 5) is 13.2. The molecular formula is C9H16N4O2S. The monoisotopic (exact) mass is 244 g/mol. The Balaban J connectivity index is 2.55. The van der Waals surface area contributed by atoms with Gasteiger partial charge in [-0.3, -0.25) is 4.79 Å². The number of nitrogens with zero attached hydrogens (tertiary/aromatic N) is 3. The predicted octanol–water partition coefficient (Wildman–Crippen LogP) is 0.358. The molecule has 0 radical (unpaired) electrons. The zero-order valence-corrected chi connectivity index (χ0v) is 10.7. The maximum absolute atomic E-state index is 11.3. The molecule has 0 aliphatic rings. The number of carbonyl (C=O) groups is 1. The van der Waals surface area contributed by atoms with Gasteiger partial charge in [0, 0.05) is 7.05 Å².